The number of carbonyl (C=O) groups excluding carboxylic acids is 1. The van der Waals surface area contributed by atoms with Crippen molar-refractivity contribution in [2.24, 2.45) is 5.92 Å². The number of rotatable bonds is 4. The molecule has 1 aromatic rings. The predicted octanol–water partition coefficient (Wildman–Crippen LogP) is 2.74. The second-order valence-electron chi connectivity index (χ2n) is 3.78. The highest BCUT2D eigenvalue weighted by Gasteiger charge is 2.14. The number of esters is 1. The molecule has 0 aliphatic rings. The lowest BCUT2D eigenvalue weighted by Gasteiger charge is -2.11. The summed E-state index contributed by atoms with van der Waals surface area (Å²) in [5, 5.41) is 0. The van der Waals surface area contributed by atoms with E-state index >= 15 is 0 Å². The molecule has 0 radical (unpaired) electrons. The first-order valence-corrected chi connectivity index (χ1v) is 5.36. The summed E-state index contributed by atoms with van der Waals surface area (Å²) < 4.78 is 4.98. The molecule has 0 aromatic heterocycles. The van der Waals surface area contributed by atoms with Crippen LogP contribution in [0.1, 0.15) is 25.0 Å². The van der Waals surface area contributed by atoms with E-state index in [-0.39, 0.29) is 11.9 Å². The molecule has 0 bridgehead atoms. The van der Waals surface area contributed by atoms with Crippen molar-refractivity contribution in [3.8, 4) is 0 Å². The zero-order valence-electron chi connectivity index (χ0n) is 9.62. The van der Waals surface area contributed by atoms with E-state index in [2.05, 4.69) is 19.1 Å². The number of hydrogen-bond acceptors (Lipinski definition) is 2. The van der Waals surface area contributed by atoms with Crippen LogP contribution in [-0.4, -0.2) is 12.6 Å². The molecule has 0 saturated heterocycles. The van der Waals surface area contributed by atoms with Crippen molar-refractivity contribution < 1.29 is 9.53 Å². The van der Waals surface area contributed by atoms with E-state index in [1.165, 1.54) is 11.1 Å². The maximum Gasteiger partial charge on any atom is 0.308 e. The number of benzene rings is 1. The van der Waals surface area contributed by atoms with E-state index in [1.54, 1.807) is 0 Å². The average Bonchev–Trinajstić information content (AvgIpc) is 2.21. The van der Waals surface area contributed by atoms with Gasteiger partial charge in [-0.05, 0) is 31.4 Å². The Labute approximate surface area is 91.3 Å². The van der Waals surface area contributed by atoms with Crippen LogP contribution in [-0.2, 0) is 16.0 Å². The van der Waals surface area contributed by atoms with Crippen molar-refractivity contribution in [1.82, 2.24) is 0 Å². The summed E-state index contributed by atoms with van der Waals surface area (Å²) in [6.45, 7) is 6.26. The van der Waals surface area contributed by atoms with Crippen LogP contribution in [0.5, 0.6) is 0 Å². The van der Waals surface area contributed by atoms with Gasteiger partial charge in [-0.3, -0.25) is 4.79 Å². The fourth-order valence-corrected chi connectivity index (χ4v) is 1.54. The largest absolute Gasteiger partial charge is 0.466 e. The van der Waals surface area contributed by atoms with E-state index in [0.717, 1.165) is 6.42 Å². The molecule has 2 nitrogen and oxygen atoms in total. The van der Waals surface area contributed by atoms with Gasteiger partial charge < -0.3 is 4.74 Å². The smallest absolute Gasteiger partial charge is 0.308 e. The van der Waals surface area contributed by atoms with E-state index in [4.69, 9.17) is 4.74 Å². The van der Waals surface area contributed by atoms with Crippen molar-refractivity contribution in [3.05, 3.63) is 35.4 Å². The standard InChI is InChI=1S/C13H18O2/c1-4-15-13(14)11(3)9-12-8-6-5-7-10(12)2/h5-8,11H,4,9H2,1-3H3. The summed E-state index contributed by atoms with van der Waals surface area (Å²) in [4.78, 5) is 11.4. The van der Waals surface area contributed by atoms with Crippen LogP contribution >= 0.6 is 0 Å². The lowest BCUT2D eigenvalue weighted by Crippen LogP contribution is -2.17. The van der Waals surface area contributed by atoms with E-state index in [9.17, 15) is 4.79 Å². The van der Waals surface area contributed by atoms with Gasteiger partial charge in [-0.1, -0.05) is 31.2 Å². The average molecular weight is 206 g/mol. The molecule has 0 N–H and O–H groups in total. The normalized spacial score (nSPS) is 12.2. The van der Waals surface area contributed by atoms with E-state index in [1.807, 2.05) is 26.0 Å². The minimum atomic E-state index is -0.110. The first-order chi connectivity index (χ1) is 7.15. The molecule has 1 atom stereocenters. The fraction of sp³-hybridized carbons (Fsp3) is 0.462. The number of aryl methyl sites for hydroxylation is 1. The first-order valence-electron chi connectivity index (χ1n) is 5.36. The topological polar surface area (TPSA) is 26.3 Å². The first kappa shape index (κ1) is 11.8. The molecule has 0 saturated carbocycles. The van der Waals surface area contributed by atoms with Crippen molar-refractivity contribution in [1.29, 1.82) is 0 Å². The van der Waals surface area contributed by atoms with Gasteiger partial charge in [0.1, 0.15) is 0 Å². The van der Waals surface area contributed by atoms with Crippen molar-refractivity contribution >= 4 is 5.97 Å². The quantitative estimate of drug-likeness (QED) is 0.708. The molecule has 15 heavy (non-hydrogen) atoms. The zero-order chi connectivity index (χ0) is 11.3. The summed E-state index contributed by atoms with van der Waals surface area (Å²) in [7, 11) is 0. The highest BCUT2D eigenvalue weighted by atomic mass is 16.5. The minimum absolute atomic E-state index is 0.0638. The zero-order valence-corrected chi connectivity index (χ0v) is 9.62. The van der Waals surface area contributed by atoms with Crippen LogP contribution in [0.4, 0.5) is 0 Å². The van der Waals surface area contributed by atoms with Gasteiger partial charge in [0.25, 0.3) is 0 Å². The van der Waals surface area contributed by atoms with Crippen molar-refractivity contribution in [3.63, 3.8) is 0 Å². The van der Waals surface area contributed by atoms with Gasteiger partial charge in [0.15, 0.2) is 0 Å². The maximum atomic E-state index is 11.4. The number of carbonyl (C=O) groups is 1. The van der Waals surface area contributed by atoms with Crippen LogP contribution < -0.4 is 0 Å². The van der Waals surface area contributed by atoms with Crippen molar-refractivity contribution in [2.45, 2.75) is 27.2 Å². The van der Waals surface area contributed by atoms with Crippen LogP contribution in [0, 0.1) is 12.8 Å². The highest BCUT2D eigenvalue weighted by molar-refractivity contribution is 5.72. The summed E-state index contributed by atoms with van der Waals surface area (Å²) >= 11 is 0. The molecule has 0 aliphatic carbocycles. The molecule has 2 heteroatoms. The molecule has 0 heterocycles. The van der Waals surface area contributed by atoms with Gasteiger partial charge >= 0.3 is 5.97 Å². The molecule has 0 fully saturated rings. The van der Waals surface area contributed by atoms with Gasteiger partial charge in [0.2, 0.25) is 0 Å². The molecule has 0 amide bonds. The fourth-order valence-electron chi connectivity index (χ4n) is 1.54. The lowest BCUT2D eigenvalue weighted by atomic mass is 9.98. The molecule has 1 rings (SSSR count). The third-order valence-electron chi connectivity index (χ3n) is 2.48. The van der Waals surface area contributed by atoms with Gasteiger partial charge in [0, 0.05) is 0 Å². The Kier molecular flexibility index (Phi) is 4.35. The Morgan fingerprint density at radius 1 is 1.40 bits per heavy atom. The monoisotopic (exact) mass is 206 g/mol. The van der Waals surface area contributed by atoms with E-state index in [0.29, 0.717) is 6.61 Å². The highest BCUT2D eigenvalue weighted by Crippen LogP contribution is 2.13. The Balaban J connectivity index is 2.62. The Morgan fingerprint density at radius 2 is 2.07 bits per heavy atom. The van der Waals surface area contributed by atoms with Gasteiger partial charge in [-0.25, -0.2) is 0 Å². The Bertz CT molecular complexity index is 331. The third-order valence-corrected chi connectivity index (χ3v) is 2.48. The molecular weight excluding hydrogens is 188 g/mol. The summed E-state index contributed by atoms with van der Waals surface area (Å²) in [6, 6.07) is 8.13. The summed E-state index contributed by atoms with van der Waals surface area (Å²) in [6.07, 6.45) is 0.755. The van der Waals surface area contributed by atoms with E-state index < -0.39 is 0 Å². The van der Waals surface area contributed by atoms with Gasteiger partial charge in [-0.15, -0.1) is 0 Å². The van der Waals surface area contributed by atoms with Crippen LogP contribution in [0.2, 0.25) is 0 Å². The number of ether oxygens (including phenoxy) is 1. The van der Waals surface area contributed by atoms with Crippen LogP contribution in [0.3, 0.4) is 0 Å². The maximum absolute atomic E-state index is 11.4. The second kappa shape index (κ2) is 5.54. The van der Waals surface area contributed by atoms with Crippen LogP contribution in [0.25, 0.3) is 0 Å². The summed E-state index contributed by atoms with van der Waals surface area (Å²) in [5.41, 5.74) is 2.45. The molecule has 0 aliphatic heterocycles. The lowest BCUT2D eigenvalue weighted by molar-refractivity contribution is -0.147. The van der Waals surface area contributed by atoms with Gasteiger partial charge in [0.05, 0.1) is 12.5 Å². The SMILES string of the molecule is CCOC(=O)C(C)Cc1ccccc1C. The Hall–Kier alpha value is -1.31. The molecule has 1 unspecified atom stereocenters. The number of hydrogen-bond donors (Lipinski definition) is 0. The minimum Gasteiger partial charge on any atom is -0.466 e. The molecule has 82 valence electrons. The third kappa shape index (κ3) is 3.39. The van der Waals surface area contributed by atoms with Crippen LogP contribution in [0.15, 0.2) is 24.3 Å². The van der Waals surface area contributed by atoms with Crippen molar-refractivity contribution in [2.75, 3.05) is 6.61 Å². The summed E-state index contributed by atoms with van der Waals surface area (Å²) in [5.74, 6) is -0.174. The second-order valence-corrected chi connectivity index (χ2v) is 3.78. The Morgan fingerprint density at radius 3 is 2.67 bits per heavy atom. The molecule has 1 aromatic carbocycles. The predicted molar refractivity (Wildman–Crippen MR) is 60.7 cm³/mol. The molecule has 0 spiro atoms. The molecular formula is C13H18O2. The van der Waals surface area contributed by atoms with Gasteiger partial charge in [-0.2, -0.15) is 0 Å².